The van der Waals surface area contributed by atoms with E-state index in [1.807, 2.05) is 17.8 Å². The Morgan fingerprint density at radius 1 is 1.33 bits per heavy atom. The lowest BCUT2D eigenvalue weighted by molar-refractivity contribution is 0.250. The molecule has 1 unspecified atom stereocenters. The van der Waals surface area contributed by atoms with Crippen LogP contribution >= 0.6 is 35.0 Å². The maximum absolute atomic E-state index is 6.25. The molecule has 1 aromatic rings. The number of benzene rings is 1. The average molecular weight is 346 g/mol. The van der Waals surface area contributed by atoms with Crippen molar-refractivity contribution in [2.24, 2.45) is 0 Å². The van der Waals surface area contributed by atoms with Gasteiger partial charge >= 0.3 is 0 Å². The van der Waals surface area contributed by atoms with Crippen LogP contribution in [0.4, 0.5) is 0 Å². The van der Waals surface area contributed by atoms with Gasteiger partial charge in [-0.25, -0.2) is 0 Å². The lowest BCUT2D eigenvalue weighted by Crippen LogP contribution is -2.38. The number of thioether (sulfide) groups is 1. The maximum atomic E-state index is 6.25. The summed E-state index contributed by atoms with van der Waals surface area (Å²) >= 11 is 14.4. The van der Waals surface area contributed by atoms with Gasteiger partial charge in [-0.15, -0.1) is 0 Å². The number of hydrogen-bond donors (Lipinski definition) is 1. The van der Waals surface area contributed by atoms with Crippen LogP contribution in [-0.2, 0) is 0 Å². The van der Waals surface area contributed by atoms with Crippen molar-refractivity contribution in [1.29, 1.82) is 0 Å². The van der Waals surface area contributed by atoms with Gasteiger partial charge in [0.25, 0.3) is 0 Å². The van der Waals surface area contributed by atoms with Crippen LogP contribution in [0.2, 0.25) is 10.0 Å². The summed E-state index contributed by atoms with van der Waals surface area (Å²) in [7, 11) is 0. The molecule has 2 aliphatic rings. The zero-order valence-corrected chi connectivity index (χ0v) is 14.6. The highest BCUT2D eigenvalue weighted by Gasteiger charge is 2.34. The molecule has 5 heteroatoms. The molecule has 0 radical (unpaired) electrons. The van der Waals surface area contributed by atoms with Crippen LogP contribution in [0, 0.1) is 0 Å². The fourth-order valence-corrected chi connectivity index (χ4v) is 4.91. The normalized spacial score (nSPS) is 23.7. The molecule has 0 amide bonds. The standard InChI is InChI=1S/C16H21Cl2NOS/c1-21-16(5-2-3-6-16)10-19-14-4-7-20-15-12(14)8-11(17)9-13(15)18/h8-9,14,19H,2-7,10H2,1H3. The first-order valence-corrected chi connectivity index (χ1v) is 9.52. The number of hydrogen-bond acceptors (Lipinski definition) is 3. The molecular weight excluding hydrogens is 325 g/mol. The molecule has 1 aromatic carbocycles. The third-order valence-electron chi connectivity index (χ3n) is 4.68. The molecule has 3 rings (SSSR count). The average Bonchev–Trinajstić information content (AvgIpc) is 2.95. The molecule has 116 valence electrons. The fourth-order valence-electron chi connectivity index (χ4n) is 3.42. The third-order valence-corrected chi connectivity index (χ3v) is 6.60. The van der Waals surface area contributed by atoms with Crippen LogP contribution in [0.3, 0.4) is 0 Å². The van der Waals surface area contributed by atoms with Gasteiger partial charge in [-0.1, -0.05) is 36.0 Å². The Morgan fingerprint density at radius 3 is 2.81 bits per heavy atom. The van der Waals surface area contributed by atoms with Gasteiger partial charge in [0.15, 0.2) is 0 Å². The Kier molecular flexibility index (Phi) is 4.94. The predicted molar refractivity (Wildman–Crippen MR) is 92.0 cm³/mol. The van der Waals surface area contributed by atoms with Crippen LogP contribution < -0.4 is 10.1 Å². The summed E-state index contributed by atoms with van der Waals surface area (Å²) in [5.41, 5.74) is 1.10. The van der Waals surface area contributed by atoms with Gasteiger partial charge in [-0.3, -0.25) is 0 Å². The molecule has 21 heavy (non-hydrogen) atoms. The summed E-state index contributed by atoms with van der Waals surface area (Å²) in [5, 5.41) is 5.04. The van der Waals surface area contributed by atoms with E-state index in [1.165, 1.54) is 25.7 Å². The van der Waals surface area contributed by atoms with Gasteiger partial charge in [0.2, 0.25) is 0 Å². The van der Waals surface area contributed by atoms with Crippen molar-refractivity contribution in [2.75, 3.05) is 19.4 Å². The first-order valence-electron chi connectivity index (χ1n) is 7.54. The van der Waals surface area contributed by atoms with Gasteiger partial charge in [-0.2, -0.15) is 11.8 Å². The maximum Gasteiger partial charge on any atom is 0.142 e. The summed E-state index contributed by atoms with van der Waals surface area (Å²) in [6.07, 6.45) is 8.53. The van der Waals surface area contributed by atoms with Gasteiger partial charge in [0.05, 0.1) is 11.6 Å². The Bertz CT molecular complexity index is 517. The molecular formula is C16H21Cl2NOS. The molecule has 1 heterocycles. The van der Waals surface area contributed by atoms with E-state index in [-0.39, 0.29) is 6.04 Å². The molecule has 0 saturated heterocycles. The molecule has 0 aromatic heterocycles. The molecule has 1 saturated carbocycles. The number of fused-ring (bicyclic) bond motifs is 1. The van der Waals surface area contributed by atoms with Crippen LogP contribution in [0.15, 0.2) is 12.1 Å². The highest BCUT2D eigenvalue weighted by atomic mass is 35.5. The second kappa shape index (κ2) is 6.57. The number of rotatable bonds is 4. The highest BCUT2D eigenvalue weighted by molar-refractivity contribution is 8.00. The highest BCUT2D eigenvalue weighted by Crippen LogP contribution is 2.42. The zero-order chi connectivity index (χ0) is 14.9. The van der Waals surface area contributed by atoms with Crippen molar-refractivity contribution < 1.29 is 4.74 Å². The number of halogens is 2. The first kappa shape index (κ1) is 15.8. The van der Waals surface area contributed by atoms with Crippen LogP contribution in [0.25, 0.3) is 0 Å². The summed E-state index contributed by atoms with van der Waals surface area (Å²) < 4.78 is 6.13. The van der Waals surface area contributed by atoms with Crippen molar-refractivity contribution in [1.82, 2.24) is 5.32 Å². The van der Waals surface area contributed by atoms with E-state index in [0.717, 1.165) is 24.3 Å². The fraction of sp³-hybridized carbons (Fsp3) is 0.625. The molecule has 1 atom stereocenters. The minimum absolute atomic E-state index is 0.287. The Morgan fingerprint density at radius 2 is 2.10 bits per heavy atom. The van der Waals surface area contributed by atoms with E-state index in [1.54, 1.807) is 6.07 Å². The van der Waals surface area contributed by atoms with Crippen LogP contribution in [0.5, 0.6) is 5.75 Å². The molecule has 2 nitrogen and oxygen atoms in total. The monoisotopic (exact) mass is 345 g/mol. The summed E-state index contributed by atoms with van der Waals surface area (Å²) in [4.78, 5) is 0. The molecule has 1 aliphatic carbocycles. The lowest BCUT2D eigenvalue weighted by atomic mass is 9.99. The summed E-state index contributed by atoms with van der Waals surface area (Å²) in [6.45, 7) is 1.75. The smallest absolute Gasteiger partial charge is 0.142 e. The molecule has 0 bridgehead atoms. The van der Waals surface area contributed by atoms with Gasteiger partial charge in [0, 0.05) is 34.3 Å². The quantitative estimate of drug-likeness (QED) is 0.821. The van der Waals surface area contributed by atoms with Gasteiger partial charge < -0.3 is 10.1 Å². The first-order chi connectivity index (χ1) is 10.1. The molecule has 1 aliphatic heterocycles. The van der Waals surface area contributed by atoms with E-state index in [9.17, 15) is 0 Å². The molecule has 0 spiro atoms. The minimum Gasteiger partial charge on any atom is -0.492 e. The van der Waals surface area contributed by atoms with Crippen LogP contribution in [0.1, 0.15) is 43.7 Å². The minimum atomic E-state index is 0.287. The van der Waals surface area contributed by atoms with E-state index >= 15 is 0 Å². The summed E-state index contributed by atoms with van der Waals surface area (Å²) in [5.74, 6) is 0.800. The van der Waals surface area contributed by atoms with Gasteiger partial charge in [0.1, 0.15) is 5.75 Å². The topological polar surface area (TPSA) is 21.3 Å². The Hall–Kier alpha value is -0.0900. The Labute approximate surface area is 140 Å². The van der Waals surface area contributed by atoms with Crippen molar-refractivity contribution in [3.8, 4) is 5.75 Å². The van der Waals surface area contributed by atoms with Crippen molar-refractivity contribution in [2.45, 2.75) is 42.9 Å². The number of ether oxygens (including phenoxy) is 1. The third kappa shape index (κ3) is 3.31. The summed E-state index contributed by atoms with van der Waals surface area (Å²) in [6, 6.07) is 4.03. The van der Waals surface area contributed by atoms with Crippen molar-refractivity contribution in [3.05, 3.63) is 27.7 Å². The van der Waals surface area contributed by atoms with E-state index in [0.29, 0.717) is 21.4 Å². The van der Waals surface area contributed by atoms with Crippen molar-refractivity contribution in [3.63, 3.8) is 0 Å². The Balaban J connectivity index is 1.76. The molecule has 1 N–H and O–H groups in total. The van der Waals surface area contributed by atoms with Crippen molar-refractivity contribution >= 4 is 35.0 Å². The zero-order valence-electron chi connectivity index (χ0n) is 12.3. The second-order valence-electron chi connectivity index (χ2n) is 5.97. The molecule has 1 fully saturated rings. The van der Waals surface area contributed by atoms with Gasteiger partial charge in [-0.05, 0) is 31.2 Å². The number of nitrogens with one attached hydrogen (secondary N) is 1. The predicted octanol–water partition coefficient (Wildman–Crippen LogP) is 5.08. The van der Waals surface area contributed by atoms with E-state index in [4.69, 9.17) is 27.9 Å². The van der Waals surface area contributed by atoms with E-state index in [2.05, 4.69) is 11.6 Å². The lowest BCUT2D eigenvalue weighted by Gasteiger charge is -2.33. The van der Waals surface area contributed by atoms with Crippen LogP contribution in [-0.4, -0.2) is 24.2 Å². The SMILES string of the molecule is CSC1(CNC2CCOc3c(Cl)cc(Cl)cc32)CCCC1. The second-order valence-corrected chi connectivity index (χ2v) is 8.09. The largest absolute Gasteiger partial charge is 0.492 e. The van der Waals surface area contributed by atoms with E-state index < -0.39 is 0 Å².